The minimum Gasteiger partial charge on any atom is -0.457 e. The molecule has 0 aliphatic heterocycles. The number of carbonyl (C=O) groups excluding carboxylic acids is 1. The van der Waals surface area contributed by atoms with E-state index in [4.69, 9.17) is 9.47 Å². The number of rotatable bonds is 32. The minimum absolute atomic E-state index is 0.172. The van der Waals surface area contributed by atoms with Gasteiger partial charge in [-0.05, 0) is 44.9 Å². The molecule has 0 spiro atoms. The summed E-state index contributed by atoms with van der Waals surface area (Å²) in [5.41, 5.74) is 0. The average Bonchev–Trinajstić information content (AvgIpc) is 2.96. The van der Waals surface area contributed by atoms with Gasteiger partial charge in [-0.25, -0.2) is 0 Å². The average molecular weight is 565 g/mol. The van der Waals surface area contributed by atoms with Crippen molar-refractivity contribution in [2.45, 2.75) is 180 Å². The molecule has 0 amide bonds. The SMILES string of the molecule is CCCCC/C=C\C/C=C\CCCCCCCCCC(=O)OC(CO)COCCCCCCCCCCCCC. The van der Waals surface area contributed by atoms with Crippen molar-refractivity contribution >= 4 is 5.97 Å². The lowest BCUT2D eigenvalue weighted by Crippen LogP contribution is -2.27. The zero-order chi connectivity index (χ0) is 29.2. The molecule has 0 bridgehead atoms. The Hall–Kier alpha value is -1.13. The van der Waals surface area contributed by atoms with Crippen molar-refractivity contribution in [3.8, 4) is 0 Å². The smallest absolute Gasteiger partial charge is 0.306 e. The second kappa shape index (κ2) is 34.1. The Kier molecular flexibility index (Phi) is 33.1. The van der Waals surface area contributed by atoms with Crippen LogP contribution >= 0.6 is 0 Å². The molecule has 0 fully saturated rings. The Bertz CT molecular complexity index is 557. The summed E-state index contributed by atoms with van der Waals surface area (Å²) in [4.78, 5) is 12.1. The third-order valence-corrected chi connectivity index (χ3v) is 7.53. The summed E-state index contributed by atoms with van der Waals surface area (Å²) in [5, 5.41) is 9.52. The molecule has 0 radical (unpaired) electrons. The lowest BCUT2D eigenvalue weighted by molar-refractivity contribution is -0.154. The molecule has 0 aromatic heterocycles. The fourth-order valence-corrected chi connectivity index (χ4v) is 4.89. The number of aliphatic hydroxyl groups is 1. The second-order valence-corrected chi connectivity index (χ2v) is 11.6. The van der Waals surface area contributed by atoms with E-state index in [1.165, 1.54) is 128 Å². The molecule has 40 heavy (non-hydrogen) atoms. The first kappa shape index (κ1) is 38.9. The number of esters is 1. The van der Waals surface area contributed by atoms with Gasteiger partial charge in [0.15, 0.2) is 0 Å². The fourth-order valence-electron chi connectivity index (χ4n) is 4.89. The van der Waals surface area contributed by atoms with Crippen LogP contribution in [0.25, 0.3) is 0 Å². The topological polar surface area (TPSA) is 55.8 Å². The molecule has 0 rings (SSSR count). The van der Waals surface area contributed by atoms with Crippen LogP contribution in [-0.2, 0) is 14.3 Å². The standard InChI is InChI=1S/C36H68O4/c1-3-5-7-9-11-13-15-16-17-18-19-20-21-23-25-27-29-31-36(38)40-35(33-37)34-39-32-30-28-26-24-22-14-12-10-8-6-4-2/h11,13,16-17,35,37H,3-10,12,14-15,18-34H2,1-2H3/b13-11-,17-16-. The van der Waals surface area contributed by atoms with E-state index in [9.17, 15) is 9.90 Å². The third kappa shape index (κ3) is 31.4. The molecule has 1 atom stereocenters. The molecule has 0 aliphatic rings. The van der Waals surface area contributed by atoms with Gasteiger partial charge in [0.05, 0.1) is 13.2 Å². The summed E-state index contributed by atoms with van der Waals surface area (Å²) in [6.07, 6.45) is 39.2. The van der Waals surface area contributed by atoms with Crippen LogP contribution in [0.5, 0.6) is 0 Å². The zero-order valence-electron chi connectivity index (χ0n) is 26.9. The van der Waals surface area contributed by atoms with E-state index in [2.05, 4.69) is 38.2 Å². The normalized spacial score (nSPS) is 12.6. The predicted octanol–water partition coefficient (Wildman–Crippen LogP) is 10.8. The van der Waals surface area contributed by atoms with Crippen LogP contribution in [0, 0.1) is 0 Å². The molecule has 4 heteroatoms. The van der Waals surface area contributed by atoms with E-state index < -0.39 is 6.10 Å². The van der Waals surface area contributed by atoms with E-state index >= 15 is 0 Å². The zero-order valence-corrected chi connectivity index (χ0v) is 26.9. The highest BCUT2D eigenvalue weighted by molar-refractivity contribution is 5.69. The van der Waals surface area contributed by atoms with Gasteiger partial charge >= 0.3 is 5.97 Å². The lowest BCUT2D eigenvalue weighted by atomic mass is 10.1. The van der Waals surface area contributed by atoms with Gasteiger partial charge in [-0.1, -0.05) is 147 Å². The highest BCUT2D eigenvalue weighted by Gasteiger charge is 2.13. The Balaban J connectivity index is 3.46. The quantitative estimate of drug-likeness (QED) is 0.0501. The number of aliphatic hydroxyl groups excluding tert-OH is 1. The lowest BCUT2D eigenvalue weighted by Gasteiger charge is -2.16. The summed E-state index contributed by atoms with van der Waals surface area (Å²) < 4.78 is 11.1. The van der Waals surface area contributed by atoms with Crippen molar-refractivity contribution in [1.82, 2.24) is 0 Å². The molecule has 0 saturated heterocycles. The van der Waals surface area contributed by atoms with Crippen molar-refractivity contribution in [2.24, 2.45) is 0 Å². The highest BCUT2D eigenvalue weighted by Crippen LogP contribution is 2.13. The van der Waals surface area contributed by atoms with Gasteiger partial charge in [-0.15, -0.1) is 0 Å². The van der Waals surface area contributed by atoms with E-state index in [1.54, 1.807) is 0 Å². The van der Waals surface area contributed by atoms with E-state index in [0.29, 0.717) is 19.6 Å². The van der Waals surface area contributed by atoms with Gasteiger partial charge < -0.3 is 14.6 Å². The summed E-state index contributed by atoms with van der Waals surface area (Å²) >= 11 is 0. The van der Waals surface area contributed by atoms with E-state index in [1.807, 2.05) is 0 Å². The molecular weight excluding hydrogens is 496 g/mol. The second-order valence-electron chi connectivity index (χ2n) is 11.6. The van der Waals surface area contributed by atoms with Crippen LogP contribution in [0.4, 0.5) is 0 Å². The first-order valence-electron chi connectivity index (χ1n) is 17.4. The number of hydrogen-bond donors (Lipinski definition) is 1. The van der Waals surface area contributed by atoms with Crippen molar-refractivity contribution in [3.63, 3.8) is 0 Å². The monoisotopic (exact) mass is 565 g/mol. The summed E-state index contributed by atoms with van der Waals surface area (Å²) in [5.74, 6) is -0.208. The van der Waals surface area contributed by atoms with Gasteiger partial charge in [0.2, 0.25) is 0 Å². The van der Waals surface area contributed by atoms with Crippen LogP contribution in [0.2, 0.25) is 0 Å². The van der Waals surface area contributed by atoms with Crippen molar-refractivity contribution < 1.29 is 19.4 Å². The van der Waals surface area contributed by atoms with E-state index in [-0.39, 0.29) is 12.6 Å². The van der Waals surface area contributed by atoms with Crippen molar-refractivity contribution in [2.75, 3.05) is 19.8 Å². The van der Waals surface area contributed by atoms with Crippen molar-refractivity contribution in [1.29, 1.82) is 0 Å². The fraction of sp³-hybridized carbons (Fsp3) is 0.861. The predicted molar refractivity (Wildman–Crippen MR) is 173 cm³/mol. The third-order valence-electron chi connectivity index (χ3n) is 7.53. The van der Waals surface area contributed by atoms with Gasteiger partial charge in [0.1, 0.15) is 6.10 Å². The number of ether oxygens (including phenoxy) is 2. The maximum atomic E-state index is 12.1. The molecule has 0 heterocycles. The Morgan fingerprint density at radius 3 is 1.60 bits per heavy atom. The van der Waals surface area contributed by atoms with Crippen LogP contribution in [-0.4, -0.2) is 37.0 Å². The summed E-state index contributed by atoms with van der Waals surface area (Å²) in [6.45, 7) is 5.32. The highest BCUT2D eigenvalue weighted by atomic mass is 16.6. The molecule has 236 valence electrons. The van der Waals surface area contributed by atoms with Crippen LogP contribution in [0.3, 0.4) is 0 Å². The molecule has 4 nitrogen and oxygen atoms in total. The molecule has 0 aromatic carbocycles. The molecule has 0 saturated carbocycles. The number of unbranched alkanes of at least 4 members (excludes halogenated alkanes) is 20. The number of hydrogen-bond acceptors (Lipinski definition) is 4. The Morgan fingerprint density at radius 2 is 1.05 bits per heavy atom. The van der Waals surface area contributed by atoms with Crippen LogP contribution in [0.1, 0.15) is 174 Å². The summed E-state index contributed by atoms with van der Waals surface area (Å²) in [6, 6.07) is 0. The molecule has 0 aliphatic carbocycles. The first-order chi connectivity index (χ1) is 19.7. The largest absolute Gasteiger partial charge is 0.457 e. The van der Waals surface area contributed by atoms with Gasteiger partial charge in [0, 0.05) is 13.0 Å². The number of allylic oxidation sites excluding steroid dienone is 4. The Morgan fingerprint density at radius 1 is 0.600 bits per heavy atom. The molecular formula is C36H68O4. The van der Waals surface area contributed by atoms with Gasteiger partial charge in [0.25, 0.3) is 0 Å². The molecule has 0 aromatic rings. The van der Waals surface area contributed by atoms with Crippen molar-refractivity contribution in [3.05, 3.63) is 24.3 Å². The maximum Gasteiger partial charge on any atom is 0.306 e. The van der Waals surface area contributed by atoms with Crippen LogP contribution < -0.4 is 0 Å². The Labute approximate surface area is 249 Å². The van der Waals surface area contributed by atoms with Gasteiger partial charge in [-0.3, -0.25) is 4.79 Å². The number of carbonyl (C=O) groups is 1. The molecule has 1 N–H and O–H groups in total. The maximum absolute atomic E-state index is 12.1. The van der Waals surface area contributed by atoms with Crippen LogP contribution in [0.15, 0.2) is 24.3 Å². The minimum atomic E-state index is -0.531. The van der Waals surface area contributed by atoms with Gasteiger partial charge in [-0.2, -0.15) is 0 Å². The van der Waals surface area contributed by atoms with E-state index in [0.717, 1.165) is 25.7 Å². The molecule has 1 unspecified atom stereocenters. The summed E-state index contributed by atoms with van der Waals surface area (Å²) in [7, 11) is 0. The first-order valence-corrected chi connectivity index (χ1v) is 17.4.